The molecule has 6 nitrogen and oxygen atoms in total. The van der Waals surface area contributed by atoms with Gasteiger partial charge in [0.1, 0.15) is 0 Å². The first-order valence-electron chi connectivity index (χ1n) is 8.61. The first-order valence-corrected chi connectivity index (χ1v) is 11.5. The van der Waals surface area contributed by atoms with Gasteiger partial charge in [0.25, 0.3) is 20.2 Å². The van der Waals surface area contributed by atoms with E-state index in [1.54, 1.807) is 24.3 Å². The Hall–Kier alpha value is -2.78. The molecule has 4 rings (SSSR count). The minimum Gasteiger partial charge on any atom is -0.282 e. The van der Waals surface area contributed by atoms with Crippen LogP contribution in [0.4, 0.5) is 0 Å². The minimum atomic E-state index is -4.32. The van der Waals surface area contributed by atoms with Crippen molar-refractivity contribution < 1.29 is 25.9 Å². The predicted molar refractivity (Wildman–Crippen MR) is 110 cm³/mol. The fourth-order valence-corrected chi connectivity index (χ4v) is 4.50. The van der Waals surface area contributed by atoms with Gasteiger partial charge in [-0.2, -0.15) is 16.8 Å². The van der Waals surface area contributed by atoms with E-state index in [1.165, 1.54) is 24.3 Å². The zero-order chi connectivity index (χ0) is 20.8. The third-order valence-electron chi connectivity index (χ3n) is 4.86. The van der Waals surface area contributed by atoms with E-state index in [4.69, 9.17) is 0 Å². The lowest BCUT2D eigenvalue weighted by Crippen LogP contribution is -1.99. The third-order valence-corrected chi connectivity index (χ3v) is 6.56. The van der Waals surface area contributed by atoms with Crippen molar-refractivity contribution in [2.45, 2.75) is 16.2 Å². The number of fused-ring (bicyclic) bond motifs is 2. The molecule has 4 aromatic carbocycles. The molecule has 0 aliphatic carbocycles. The lowest BCUT2D eigenvalue weighted by atomic mass is 9.95. The highest BCUT2D eigenvalue weighted by Gasteiger charge is 2.14. The van der Waals surface area contributed by atoms with Crippen LogP contribution in [0, 0.1) is 0 Å². The monoisotopic (exact) mass is 428 g/mol. The summed E-state index contributed by atoms with van der Waals surface area (Å²) < 4.78 is 64.5. The molecule has 0 atom stereocenters. The summed E-state index contributed by atoms with van der Waals surface area (Å²) in [4.78, 5) is -0.349. The number of hydrogen-bond acceptors (Lipinski definition) is 4. The summed E-state index contributed by atoms with van der Waals surface area (Å²) in [6.45, 7) is 0. The van der Waals surface area contributed by atoms with Gasteiger partial charge in [-0.15, -0.1) is 0 Å². The largest absolute Gasteiger partial charge is 0.294 e. The van der Waals surface area contributed by atoms with E-state index >= 15 is 0 Å². The van der Waals surface area contributed by atoms with Crippen molar-refractivity contribution in [3.8, 4) is 0 Å². The maximum Gasteiger partial charge on any atom is 0.294 e. The van der Waals surface area contributed by atoms with Crippen LogP contribution in [0.3, 0.4) is 0 Å². The van der Waals surface area contributed by atoms with Crippen LogP contribution >= 0.6 is 0 Å². The molecule has 0 aromatic heterocycles. The van der Waals surface area contributed by atoms with Crippen LogP contribution in [0.5, 0.6) is 0 Å². The molecule has 0 unspecified atom stereocenters. The van der Waals surface area contributed by atoms with Crippen LogP contribution in [0.1, 0.15) is 11.1 Å². The second-order valence-electron chi connectivity index (χ2n) is 6.73. The topological polar surface area (TPSA) is 109 Å². The lowest BCUT2D eigenvalue weighted by molar-refractivity contribution is 0.481. The summed E-state index contributed by atoms with van der Waals surface area (Å²) in [5.74, 6) is 0. The second-order valence-corrected chi connectivity index (χ2v) is 9.57. The van der Waals surface area contributed by atoms with E-state index in [0.717, 1.165) is 21.9 Å². The molecule has 0 aliphatic heterocycles. The molecule has 148 valence electrons. The summed E-state index contributed by atoms with van der Waals surface area (Å²) in [6.07, 6.45) is 0.467. The van der Waals surface area contributed by atoms with Crippen LogP contribution in [-0.2, 0) is 26.7 Å². The molecule has 0 heterocycles. The molecule has 8 heteroatoms. The van der Waals surface area contributed by atoms with Gasteiger partial charge < -0.3 is 0 Å². The van der Waals surface area contributed by atoms with Crippen molar-refractivity contribution in [3.05, 3.63) is 83.9 Å². The zero-order valence-corrected chi connectivity index (χ0v) is 16.6. The molecule has 2 N–H and O–H groups in total. The van der Waals surface area contributed by atoms with Gasteiger partial charge in [0.15, 0.2) is 0 Å². The van der Waals surface area contributed by atoms with Crippen molar-refractivity contribution in [1.82, 2.24) is 0 Å². The molecular weight excluding hydrogens is 412 g/mol. The molecular formula is C21H16O6S2. The van der Waals surface area contributed by atoms with Gasteiger partial charge in [-0.3, -0.25) is 9.11 Å². The van der Waals surface area contributed by atoms with Gasteiger partial charge in [-0.25, -0.2) is 0 Å². The van der Waals surface area contributed by atoms with E-state index < -0.39 is 20.2 Å². The molecule has 0 saturated carbocycles. The number of rotatable bonds is 4. The standard InChI is InChI=1S/C21H16O6S2/c22-28(23,24)18-9-10-20-15(4-2-6-17(20)12-18)11-16-5-1-3-14-7-8-19(13-21(14)16)29(25,26)27/h1-10,12-13H,11H2,(H,22,23,24)(H,25,26,27). The fourth-order valence-electron chi connectivity index (χ4n) is 3.48. The maximum absolute atomic E-state index is 11.5. The smallest absolute Gasteiger partial charge is 0.282 e. The van der Waals surface area contributed by atoms with Crippen molar-refractivity contribution in [1.29, 1.82) is 0 Å². The van der Waals surface area contributed by atoms with Crippen LogP contribution in [0.15, 0.2) is 82.6 Å². The highest BCUT2D eigenvalue weighted by molar-refractivity contribution is 7.86. The Bertz CT molecular complexity index is 1470. The molecule has 4 aromatic rings. The van der Waals surface area contributed by atoms with Crippen LogP contribution in [0.25, 0.3) is 21.5 Å². The van der Waals surface area contributed by atoms with Crippen molar-refractivity contribution in [2.24, 2.45) is 0 Å². The Morgan fingerprint density at radius 3 is 1.79 bits per heavy atom. The van der Waals surface area contributed by atoms with Crippen LogP contribution in [0.2, 0.25) is 0 Å². The van der Waals surface area contributed by atoms with Crippen molar-refractivity contribution in [3.63, 3.8) is 0 Å². The normalized spacial score (nSPS) is 12.5. The van der Waals surface area contributed by atoms with Crippen molar-refractivity contribution >= 4 is 41.8 Å². The summed E-state index contributed by atoms with van der Waals surface area (Å²) >= 11 is 0. The zero-order valence-electron chi connectivity index (χ0n) is 15.0. The molecule has 0 spiro atoms. The molecule has 0 aliphatic rings. The third kappa shape index (κ3) is 3.88. The Morgan fingerprint density at radius 1 is 0.586 bits per heavy atom. The second kappa shape index (κ2) is 6.93. The summed E-state index contributed by atoms with van der Waals surface area (Å²) in [7, 11) is -8.61. The van der Waals surface area contributed by atoms with Crippen LogP contribution in [-0.4, -0.2) is 25.9 Å². The molecule has 0 fully saturated rings. The number of hydrogen-bond donors (Lipinski definition) is 2. The first kappa shape index (κ1) is 19.5. The van der Waals surface area contributed by atoms with Crippen molar-refractivity contribution in [2.75, 3.05) is 0 Å². The number of benzene rings is 4. The molecule has 0 saturated heterocycles. The summed E-state index contributed by atoms with van der Waals surface area (Å²) in [5, 5.41) is 3.03. The first-order chi connectivity index (χ1) is 13.6. The SMILES string of the molecule is O=S(=O)(O)c1ccc2c(Cc3cccc4ccc(S(=O)(=O)O)cc34)cccc2c1. The Morgan fingerprint density at radius 2 is 1.14 bits per heavy atom. The average molecular weight is 428 g/mol. The minimum absolute atomic E-state index is 0.173. The highest BCUT2D eigenvalue weighted by atomic mass is 32.2. The van der Waals surface area contributed by atoms with Gasteiger partial charge >= 0.3 is 0 Å². The maximum atomic E-state index is 11.5. The summed E-state index contributed by atoms with van der Waals surface area (Å²) in [6, 6.07) is 19.9. The molecule has 0 amide bonds. The van der Waals surface area contributed by atoms with Crippen LogP contribution < -0.4 is 0 Å². The van der Waals surface area contributed by atoms with E-state index in [0.29, 0.717) is 17.2 Å². The highest BCUT2D eigenvalue weighted by Crippen LogP contribution is 2.28. The average Bonchev–Trinajstić information content (AvgIpc) is 2.66. The molecule has 0 bridgehead atoms. The Labute approximate surface area is 167 Å². The molecule has 0 radical (unpaired) electrons. The fraction of sp³-hybridized carbons (Fsp3) is 0.0476. The van der Waals surface area contributed by atoms with E-state index in [9.17, 15) is 25.9 Å². The van der Waals surface area contributed by atoms with Gasteiger partial charge in [-0.05, 0) is 63.4 Å². The lowest BCUT2D eigenvalue weighted by Gasteiger charge is -2.11. The molecule has 29 heavy (non-hydrogen) atoms. The summed E-state index contributed by atoms with van der Waals surface area (Å²) in [5.41, 5.74) is 1.77. The van der Waals surface area contributed by atoms with Gasteiger partial charge in [0, 0.05) is 0 Å². The van der Waals surface area contributed by atoms with E-state index in [-0.39, 0.29) is 9.79 Å². The van der Waals surface area contributed by atoms with E-state index in [1.807, 2.05) is 24.3 Å². The van der Waals surface area contributed by atoms with Gasteiger partial charge in [-0.1, -0.05) is 48.5 Å². The Balaban J connectivity index is 1.86. The predicted octanol–water partition coefficient (Wildman–Crippen LogP) is 4.08. The van der Waals surface area contributed by atoms with Gasteiger partial charge in [0.2, 0.25) is 0 Å². The Kier molecular flexibility index (Phi) is 4.66. The quantitative estimate of drug-likeness (QED) is 0.474. The van der Waals surface area contributed by atoms with Gasteiger partial charge in [0.05, 0.1) is 9.79 Å². The van der Waals surface area contributed by atoms with E-state index in [2.05, 4.69) is 0 Å².